The van der Waals surface area contributed by atoms with Gasteiger partial charge >= 0.3 is 0 Å². The summed E-state index contributed by atoms with van der Waals surface area (Å²) in [5.41, 5.74) is 1.97. The van der Waals surface area contributed by atoms with Gasteiger partial charge in [-0.15, -0.1) is 0 Å². The van der Waals surface area contributed by atoms with Gasteiger partial charge in [0.15, 0.2) is 0 Å². The molecular formula is C11H15NO. The van der Waals surface area contributed by atoms with E-state index in [0.717, 1.165) is 0 Å². The molecule has 2 nitrogen and oxygen atoms in total. The minimum absolute atomic E-state index is 0.0321. The van der Waals surface area contributed by atoms with Crippen molar-refractivity contribution in [2.75, 3.05) is 7.05 Å². The van der Waals surface area contributed by atoms with Crippen LogP contribution in [-0.4, -0.2) is 13.0 Å². The van der Waals surface area contributed by atoms with Crippen molar-refractivity contribution in [1.29, 1.82) is 0 Å². The molecule has 2 heteroatoms. The van der Waals surface area contributed by atoms with Crippen LogP contribution in [-0.2, 0) is 0 Å². The van der Waals surface area contributed by atoms with Crippen molar-refractivity contribution < 1.29 is 4.79 Å². The van der Waals surface area contributed by atoms with Gasteiger partial charge in [-0.05, 0) is 23.6 Å². The summed E-state index contributed by atoms with van der Waals surface area (Å²) in [7, 11) is 1.64. The highest BCUT2D eigenvalue weighted by atomic mass is 16.1. The molecule has 1 aromatic carbocycles. The van der Waals surface area contributed by atoms with Crippen LogP contribution in [0.4, 0.5) is 0 Å². The molecule has 0 fully saturated rings. The lowest BCUT2D eigenvalue weighted by molar-refractivity contribution is 0.0963. The van der Waals surface area contributed by atoms with Crippen molar-refractivity contribution in [3.8, 4) is 0 Å². The monoisotopic (exact) mass is 177 g/mol. The van der Waals surface area contributed by atoms with E-state index in [1.165, 1.54) is 5.56 Å². The molecule has 1 amide bonds. The predicted octanol–water partition coefficient (Wildman–Crippen LogP) is 2.17. The van der Waals surface area contributed by atoms with Gasteiger partial charge in [-0.1, -0.05) is 26.0 Å². The molecule has 0 unspecified atom stereocenters. The maximum atomic E-state index is 11.2. The van der Waals surface area contributed by atoms with Crippen LogP contribution in [0.3, 0.4) is 0 Å². The van der Waals surface area contributed by atoms with Gasteiger partial charge in [0.05, 0.1) is 0 Å². The molecule has 13 heavy (non-hydrogen) atoms. The zero-order chi connectivity index (χ0) is 9.84. The molecule has 0 heterocycles. The molecular weight excluding hydrogens is 162 g/mol. The molecule has 70 valence electrons. The van der Waals surface area contributed by atoms with E-state index in [1.54, 1.807) is 7.05 Å². The van der Waals surface area contributed by atoms with E-state index < -0.39 is 0 Å². The summed E-state index contributed by atoms with van der Waals surface area (Å²) < 4.78 is 0. The van der Waals surface area contributed by atoms with Crippen molar-refractivity contribution in [2.24, 2.45) is 0 Å². The molecule has 1 aromatic rings. The lowest BCUT2D eigenvalue weighted by Gasteiger charge is -2.05. The fraction of sp³-hybridized carbons (Fsp3) is 0.364. The Morgan fingerprint density at radius 1 is 1.23 bits per heavy atom. The number of amides is 1. The highest BCUT2D eigenvalue weighted by Gasteiger charge is 2.03. The van der Waals surface area contributed by atoms with E-state index >= 15 is 0 Å². The summed E-state index contributed by atoms with van der Waals surface area (Å²) in [6.07, 6.45) is 0. The van der Waals surface area contributed by atoms with E-state index in [9.17, 15) is 4.79 Å². The Morgan fingerprint density at radius 3 is 2.15 bits per heavy atom. The highest BCUT2D eigenvalue weighted by molar-refractivity contribution is 5.93. The van der Waals surface area contributed by atoms with Crippen LogP contribution in [0.5, 0.6) is 0 Å². The molecule has 0 aromatic heterocycles. The molecule has 0 bridgehead atoms. The molecule has 0 spiro atoms. The SMILES string of the molecule is CNC(=O)c1ccc(C(C)C)cc1. The zero-order valence-corrected chi connectivity index (χ0v) is 8.29. The first-order chi connectivity index (χ1) is 6.15. The topological polar surface area (TPSA) is 29.1 Å². The van der Waals surface area contributed by atoms with Gasteiger partial charge in [-0.25, -0.2) is 0 Å². The Labute approximate surface area is 79.0 Å². The van der Waals surface area contributed by atoms with Crippen molar-refractivity contribution in [2.45, 2.75) is 19.8 Å². The Morgan fingerprint density at radius 2 is 1.77 bits per heavy atom. The molecule has 0 atom stereocenters. The normalized spacial score (nSPS) is 10.2. The van der Waals surface area contributed by atoms with E-state index in [4.69, 9.17) is 0 Å². The van der Waals surface area contributed by atoms with E-state index in [-0.39, 0.29) is 5.91 Å². The fourth-order valence-electron chi connectivity index (χ4n) is 1.16. The maximum Gasteiger partial charge on any atom is 0.251 e. The van der Waals surface area contributed by atoms with E-state index in [0.29, 0.717) is 11.5 Å². The molecule has 1 N–H and O–H groups in total. The molecule has 0 aliphatic heterocycles. The largest absolute Gasteiger partial charge is 0.355 e. The van der Waals surface area contributed by atoms with Crippen molar-refractivity contribution in [1.82, 2.24) is 5.32 Å². The van der Waals surface area contributed by atoms with Crippen LogP contribution in [0.2, 0.25) is 0 Å². The van der Waals surface area contributed by atoms with Gasteiger partial charge in [0.1, 0.15) is 0 Å². The summed E-state index contributed by atoms with van der Waals surface area (Å²) in [6, 6.07) is 7.70. The number of carbonyl (C=O) groups is 1. The number of hydrogen-bond donors (Lipinski definition) is 1. The molecule has 0 radical (unpaired) electrons. The predicted molar refractivity (Wildman–Crippen MR) is 53.9 cm³/mol. The molecule has 0 aliphatic rings. The van der Waals surface area contributed by atoms with Crippen molar-refractivity contribution in [3.63, 3.8) is 0 Å². The van der Waals surface area contributed by atoms with Gasteiger partial charge in [-0.3, -0.25) is 4.79 Å². The number of benzene rings is 1. The summed E-state index contributed by atoms with van der Waals surface area (Å²) in [6.45, 7) is 4.27. The number of hydrogen-bond acceptors (Lipinski definition) is 1. The van der Waals surface area contributed by atoms with Crippen molar-refractivity contribution in [3.05, 3.63) is 35.4 Å². The van der Waals surface area contributed by atoms with Crippen LogP contribution in [0.15, 0.2) is 24.3 Å². The minimum atomic E-state index is -0.0321. The lowest BCUT2D eigenvalue weighted by atomic mass is 10.0. The van der Waals surface area contributed by atoms with Crippen LogP contribution >= 0.6 is 0 Å². The maximum absolute atomic E-state index is 11.2. The van der Waals surface area contributed by atoms with Gasteiger partial charge in [-0.2, -0.15) is 0 Å². The fourth-order valence-corrected chi connectivity index (χ4v) is 1.16. The number of nitrogens with one attached hydrogen (secondary N) is 1. The summed E-state index contributed by atoms with van der Waals surface area (Å²) in [4.78, 5) is 11.2. The quantitative estimate of drug-likeness (QED) is 0.737. The molecule has 0 aliphatic carbocycles. The Hall–Kier alpha value is -1.31. The standard InChI is InChI=1S/C11H15NO/c1-8(2)9-4-6-10(7-5-9)11(13)12-3/h4-8H,1-3H3,(H,12,13). The molecule has 0 saturated heterocycles. The van der Waals surface area contributed by atoms with Crippen LogP contribution < -0.4 is 5.32 Å². The first kappa shape index (κ1) is 9.78. The summed E-state index contributed by atoms with van der Waals surface area (Å²) in [5.74, 6) is 0.481. The second-order valence-electron chi connectivity index (χ2n) is 3.36. The Kier molecular flexibility index (Phi) is 3.07. The van der Waals surface area contributed by atoms with Gasteiger partial charge in [0.25, 0.3) is 5.91 Å². The third-order valence-electron chi connectivity index (χ3n) is 2.07. The van der Waals surface area contributed by atoms with E-state index in [1.807, 2.05) is 24.3 Å². The Balaban J connectivity index is 2.87. The molecule has 1 rings (SSSR count). The first-order valence-corrected chi connectivity index (χ1v) is 4.47. The third-order valence-corrected chi connectivity index (χ3v) is 2.07. The van der Waals surface area contributed by atoms with Crippen LogP contribution in [0, 0.1) is 0 Å². The Bertz CT molecular complexity index is 287. The zero-order valence-electron chi connectivity index (χ0n) is 8.29. The second kappa shape index (κ2) is 4.08. The van der Waals surface area contributed by atoms with Gasteiger partial charge in [0.2, 0.25) is 0 Å². The smallest absolute Gasteiger partial charge is 0.251 e. The van der Waals surface area contributed by atoms with Gasteiger partial charge in [0, 0.05) is 12.6 Å². The average molecular weight is 177 g/mol. The van der Waals surface area contributed by atoms with Crippen LogP contribution in [0.25, 0.3) is 0 Å². The number of rotatable bonds is 2. The minimum Gasteiger partial charge on any atom is -0.355 e. The summed E-state index contributed by atoms with van der Waals surface area (Å²) in [5, 5.41) is 2.59. The first-order valence-electron chi connectivity index (χ1n) is 4.47. The number of carbonyl (C=O) groups excluding carboxylic acids is 1. The third kappa shape index (κ3) is 2.31. The van der Waals surface area contributed by atoms with Gasteiger partial charge < -0.3 is 5.32 Å². The summed E-state index contributed by atoms with van der Waals surface area (Å²) >= 11 is 0. The highest BCUT2D eigenvalue weighted by Crippen LogP contribution is 2.14. The lowest BCUT2D eigenvalue weighted by Crippen LogP contribution is -2.17. The van der Waals surface area contributed by atoms with Crippen molar-refractivity contribution >= 4 is 5.91 Å². The molecule has 0 saturated carbocycles. The second-order valence-corrected chi connectivity index (χ2v) is 3.36. The van der Waals surface area contributed by atoms with E-state index in [2.05, 4.69) is 19.2 Å². The van der Waals surface area contributed by atoms with Crippen LogP contribution in [0.1, 0.15) is 35.7 Å². The average Bonchev–Trinajstić information content (AvgIpc) is 2.17.